The molecule has 4 heterocycles. The van der Waals surface area contributed by atoms with Crippen LogP contribution in [0, 0.1) is 0 Å². The van der Waals surface area contributed by atoms with Crippen LogP contribution >= 0.6 is 11.3 Å². The molecule has 5 nitrogen and oxygen atoms in total. The second kappa shape index (κ2) is 14.8. The Morgan fingerprint density at radius 1 is 0.333 bits per heavy atom. The highest BCUT2D eigenvalue weighted by Gasteiger charge is 2.30. The van der Waals surface area contributed by atoms with Crippen LogP contribution in [-0.4, -0.2) is 19.5 Å². The average Bonchev–Trinajstić information content (AvgIpc) is 3.96. The fourth-order valence-electron chi connectivity index (χ4n) is 11.0. The summed E-state index contributed by atoms with van der Waals surface area (Å²) in [6.07, 6.45) is 0. The van der Waals surface area contributed by atoms with Gasteiger partial charge in [0.15, 0.2) is 17.5 Å². The van der Waals surface area contributed by atoms with Crippen molar-refractivity contribution >= 4 is 103 Å². The molecule has 0 saturated heterocycles. The number of benzene rings is 11. The summed E-state index contributed by atoms with van der Waals surface area (Å²) in [5.74, 6) is 1.85. The second-order valence-corrected chi connectivity index (χ2v) is 19.0. The lowest BCUT2D eigenvalue weighted by Crippen LogP contribution is -2.16. The van der Waals surface area contributed by atoms with Crippen LogP contribution in [0.25, 0.3) is 125 Å². The Kier molecular flexibility index (Phi) is 8.17. The molecule has 6 heteroatoms. The predicted octanol–water partition coefficient (Wildman–Crippen LogP) is 17.2. The van der Waals surface area contributed by atoms with E-state index < -0.39 is 0 Å². The molecule has 320 valence electrons. The fraction of sp³-hybridized carbons (Fsp3) is 0. The number of hydrogen-bond donors (Lipinski definition) is 0. The number of nitrogens with zero attached hydrogens (tertiary/aromatic N) is 5. The molecular formula is C63H37N5S. The summed E-state index contributed by atoms with van der Waals surface area (Å²) in [5, 5.41) is 11.8. The van der Waals surface area contributed by atoms with Gasteiger partial charge in [0.2, 0.25) is 0 Å². The van der Waals surface area contributed by atoms with Gasteiger partial charge in [-0.3, -0.25) is 0 Å². The highest BCUT2D eigenvalue weighted by molar-refractivity contribution is 7.26. The van der Waals surface area contributed by atoms with E-state index in [0.29, 0.717) is 17.5 Å². The molecule has 1 aliphatic rings. The zero-order chi connectivity index (χ0) is 45.2. The van der Waals surface area contributed by atoms with Crippen LogP contribution in [0.15, 0.2) is 224 Å². The van der Waals surface area contributed by atoms with Crippen molar-refractivity contribution in [1.29, 1.82) is 0 Å². The van der Waals surface area contributed by atoms with Crippen LogP contribution in [0.3, 0.4) is 0 Å². The van der Waals surface area contributed by atoms with E-state index in [4.69, 9.17) is 15.0 Å². The van der Waals surface area contributed by atoms with Gasteiger partial charge in [-0.1, -0.05) is 146 Å². The van der Waals surface area contributed by atoms with Gasteiger partial charge in [0.25, 0.3) is 0 Å². The average molecular weight is 896 g/mol. The maximum absolute atomic E-state index is 5.59. The van der Waals surface area contributed by atoms with E-state index in [-0.39, 0.29) is 0 Å². The number of para-hydroxylation sites is 2. The Bertz CT molecular complexity index is 4450. The summed E-state index contributed by atoms with van der Waals surface area (Å²) in [4.78, 5) is 19.1. The van der Waals surface area contributed by atoms with Crippen LogP contribution in [-0.2, 0) is 0 Å². The number of thiophene rings is 1. The maximum atomic E-state index is 5.59. The molecule has 69 heavy (non-hydrogen) atoms. The molecule has 3 aromatic heterocycles. The second-order valence-electron chi connectivity index (χ2n) is 18.0. The van der Waals surface area contributed by atoms with Gasteiger partial charge in [-0.15, -0.1) is 11.3 Å². The molecule has 0 aliphatic carbocycles. The van der Waals surface area contributed by atoms with Gasteiger partial charge in [0, 0.05) is 64.3 Å². The van der Waals surface area contributed by atoms with Crippen LogP contribution in [0.5, 0.6) is 0 Å². The van der Waals surface area contributed by atoms with Crippen molar-refractivity contribution in [3.05, 3.63) is 224 Å². The third-order valence-electron chi connectivity index (χ3n) is 14.1. The number of rotatable bonds is 5. The normalized spacial score (nSPS) is 12.3. The van der Waals surface area contributed by atoms with Gasteiger partial charge in [-0.25, -0.2) is 15.0 Å². The molecule has 0 N–H and O–H groups in total. The van der Waals surface area contributed by atoms with E-state index in [1.54, 1.807) is 11.3 Å². The Balaban J connectivity index is 1.03. The Morgan fingerprint density at radius 3 is 1.70 bits per heavy atom. The lowest BCUT2D eigenvalue weighted by Gasteiger charge is -2.35. The topological polar surface area (TPSA) is 46.8 Å². The number of aromatic nitrogens is 4. The fourth-order valence-corrected chi connectivity index (χ4v) is 12.2. The molecule has 0 radical (unpaired) electrons. The van der Waals surface area contributed by atoms with E-state index in [2.05, 4.69) is 234 Å². The summed E-state index contributed by atoms with van der Waals surface area (Å²) in [6, 6.07) is 81.0. The molecule has 15 rings (SSSR count). The zero-order valence-electron chi connectivity index (χ0n) is 37.0. The number of fused-ring (bicyclic) bond motifs is 10. The molecular weight excluding hydrogens is 859 g/mol. The summed E-state index contributed by atoms with van der Waals surface area (Å²) in [7, 11) is 0. The standard InChI is InChI=1S/C63H37N5S/c1-2-21-44(22-3-1)67-53-28-10-8-23-45(53)50-35-43(31-32-54(50)67)61-64-62(49-27-14-26-48-46-24-9-11-30-58(46)69-60(48)49)66-63(65-61)52-34-40-16-5-7-18-42(40)37-57(52)68-55-29-13-20-38-19-12-25-47(59(38)55)51-33-39-15-4-6-17-41(39)36-56(51)68/h1-37H. The largest absolute Gasteiger partial charge is 0.309 e. The first kappa shape index (κ1) is 38.2. The van der Waals surface area contributed by atoms with Crippen molar-refractivity contribution < 1.29 is 0 Å². The molecule has 0 amide bonds. The summed E-state index contributed by atoms with van der Waals surface area (Å²) in [6.45, 7) is 0. The lowest BCUT2D eigenvalue weighted by atomic mass is 9.88. The molecule has 0 saturated carbocycles. The van der Waals surface area contributed by atoms with Crippen molar-refractivity contribution in [3.63, 3.8) is 0 Å². The first-order valence-corrected chi connectivity index (χ1v) is 24.2. The third-order valence-corrected chi connectivity index (χ3v) is 15.3. The van der Waals surface area contributed by atoms with Gasteiger partial charge >= 0.3 is 0 Å². The highest BCUT2D eigenvalue weighted by Crippen LogP contribution is 2.54. The van der Waals surface area contributed by atoms with Gasteiger partial charge in [-0.05, 0) is 111 Å². The smallest absolute Gasteiger partial charge is 0.166 e. The Hall–Kier alpha value is -8.97. The van der Waals surface area contributed by atoms with Gasteiger partial charge in [0.1, 0.15) is 0 Å². The monoisotopic (exact) mass is 895 g/mol. The van der Waals surface area contributed by atoms with Crippen molar-refractivity contribution in [3.8, 4) is 51.0 Å². The molecule has 0 unspecified atom stereocenters. The van der Waals surface area contributed by atoms with Gasteiger partial charge in [0.05, 0.1) is 28.1 Å². The number of anilines is 3. The predicted molar refractivity (Wildman–Crippen MR) is 290 cm³/mol. The zero-order valence-corrected chi connectivity index (χ0v) is 37.8. The van der Waals surface area contributed by atoms with Crippen LogP contribution in [0.1, 0.15) is 0 Å². The first-order valence-electron chi connectivity index (χ1n) is 23.3. The number of hydrogen-bond acceptors (Lipinski definition) is 5. The minimum Gasteiger partial charge on any atom is -0.309 e. The molecule has 1 aliphatic heterocycles. The van der Waals surface area contributed by atoms with Gasteiger partial charge < -0.3 is 9.47 Å². The maximum Gasteiger partial charge on any atom is 0.166 e. The SMILES string of the molecule is c1ccc(-n2c3ccccc3c3cc(-c4nc(-c5cc6ccccc6cc5N5c6cc7ccccc7cc6-c6cccc7cccc5c67)nc(-c5cccc6c5sc5ccccc56)n4)ccc32)cc1. The van der Waals surface area contributed by atoms with Crippen LogP contribution in [0.4, 0.5) is 17.1 Å². The quantitative estimate of drug-likeness (QED) is 0.173. The van der Waals surface area contributed by atoms with E-state index in [0.717, 1.165) is 71.3 Å². The van der Waals surface area contributed by atoms with Crippen molar-refractivity contribution in [2.45, 2.75) is 0 Å². The molecule has 14 aromatic rings. The van der Waals surface area contributed by atoms with Crippen LogP contribution in [0.2, 0.25) is 0 Å². The van der Waals surface area contributed by atoms with Crippen molar-refractivity contribution in [2.24, 2.45) is 0 Å². The summed E-state index contributed by atoms with van der Waals surface area (Å²) in [5.41, 5.74) is 11.9. The van der Waals surface area contributed by atoms with E-state index in [1.807, 2.05) is 0 Å². The van der Waals surface area contributed by atoms with E-state index in [1.165, 1.54) is 53.5 Å². The molecule has 0 bridgehead atoms. The first-order chi connectivity index (χ1) is 34.2. The van der Waals surface area contributed by atoms with Crippen molar-refractivity contribution in [2.75, 3.05) is 4.90 Å². The Morgan fingerprint density at radius 2 is 0.899 bits per heavy atom. The highest BCUT2D eigenvalue weighted by atomic mass is 32.1. The molecule has 0 spiro atoms. The molecule has 11 aromatic carbocycles. The minimum atomic E-state index is 0.606. The van der Waals surface area contributed by atoms with E-state index in [9.17, 15) is 0 Å². The lowest BCUT2D eigenvalue weighted by molar-refractivity contribution is 1.08. The van der Waals surface area contributed by atoms with E-state index >= 15 is 0 Å². The summed E-state index contributed by atoms with van der Waals surface area (Å²) < 4.78 is 4.74. The van der Waals surface area contributed by atoms with Crippen LogP contribution < -0.4 is 4.90 Å². The minimum absolute atomic E-state index is 0.606. The molecule has 0 fully saturated rings. The van der Waals surface area contributed by atoms with Crippen molar-refractivity contribution in [1.82, 2.24) is 19.5 Å². The summed E-state index contributed by atoms with van der Waals surface area (Å²) >= 11 is 1.79. The molecule has 0 atom stereocenters. The van der Waals surface area contributed by atoms with Gasteiger partial charge in [-0.2, -0.15) is 0 Å². The third kappa shape index (κ3) is 5.79. The Labute approximate surface area is 400 Å².